The minimum Gasteiger partial charge on any atom is -0.494 e. The first-order valence-electron chi connectivity index (χ1n) is 5.19. The Kier molecular flexibility index (Phi) is 4.30. The van der Waals surface area contributed by atoms with E-state index in [9.17, 15) is 0 Å². The summed E-state index contributed by atoms with van der Waals surface area (Å²) in [5.74, 6) is 1.59. The number of nitrogens with one attached hydrogen (secondary N) is 1. The van der Waals surface area contributed by atoms with Gasteiger partial charge in [-0.3, -0.25) is 0 Å². The molecule has 0 fully saturated rings. The Morgan fingerprint density at radius 3 is 2.79 bits per heavy atom. The zero-order chi connectivity index (χ0) is 10.4. The Bertz CT molecular complexity index is 271. The molecule has 0 radical (unpaired) electrons. The van der Waals surface area contributed by atoms with E-state index in [-0.39, 0.29) is 0 Å². The highest BCUT2D eigenvalue weighted by Gasteiger charge is 1.96. The van der Waals surface area contributed by atoms with Crippen molar-refractivity contribution in [2.24, 2.45) is 5.92 Å². The Morgan fingerprint density at radius 2 is 2.14 bits per heavy atom. The Morgan fingerprint density at radius 1 is 1.36 bits per heavy atom. The minimum absolute atomic E-state index is 0.658. The SMILES string of the molecule is CCOc1cccc(NCC(C)C)c1. The first-order chi connectivity index (χ1) is 6.72. The highest BCUT2D eigenvalue weighted by molar-refractivity contribution is 5.48. The molecule has 0 aromatic heterocycles. The van der Waals surface area contributed by atoms with Crippen LogP contribution < -0.4 is 10.1 Å². The van der Waals surface area contributed by atoms with Gasteiger partial charge in [0, 0.05) is 18.3 Å². The predicted octanol–water partition coefficient (Wildman–Crippen LogP) is 3.15. The van der Waals surface area contributed by atoms with Crippen LogP contribution in [0, 0.1) is 5.92 Å². The summed E-state index contributed by atoms with van der Waals surface area (Å²) in [6.45, 7) is 8.09. The molecular weight excluding hydrogens is 174 g/mol. The molecule has 2 nitrogen and oxygen atoms in total. The van der Waals surface area contributed by atoms with Crippen molar-refractivity contribution in [2.45, 2.75) is 20.8 Å². The van der Waals surface area contributed by atoms with E-state index >= 15 is 0 Å². The molecule has 0 aliphatic rings. The first kappa shape index (κ1) is 10.9. The third kappa shape index (κ3) is 3.69. The molecule has 0 unspecified atom stereocenters. The van der Waals surface area contributed by atoms with Crippen molar-refractivity contribution >= 4 is 5.69 Å². The maximum absolute atomic E-state index is 5.41. The van der Waals surface area contributed by atoms with Gasteiger partial charge in [-0.1, -0.05) is 19.9 Å². The van der Waals surface area contributed by atoms with Gasteiger partial charge < -0.3 is 10.1 Å². The molecule has 0 spiro atoms. The van der Waals surface area contributed by atoms with Gasteiger partial charge in [-0.15, -0.1) is 0 Å². The number of hydrogen-bond donors (Lipinski definition) is 1. The summed E-state index contributed by atoms with van der Waals surface area (Å²) in [7, 11) is 0. The lowest BCUT2D eigenvalue weighted by Crippen LogP contribution is -2.07. The number of ether oxygens (including phenoxy) is 1. The summed E-state index contributed by atoms with van der Waals surface area (Å²) in [6, 6.07) is 8.08. The summed E-state index contributed by atoms with van der Waals surface area (Å²) >= 11 is 0. The smallest absolute Gasteiger partial charge is 0.121 e. The molecular formula is C12H19NO. The molecule has 1 aromatic carbocycles. The third-order valence-corrected chi connectivity index (χ3v) is 1.86. The van der Waals surface area contributed by atoms with E-state index in [1.807, 2.05) is 25.1 Å². The predicted molar refractivity (Wildman–Crippen MR) is 60.9 cm³/mol. The summed E-state index contributed by atoms with van der Waals surface area (Å²) in [6.07, 6.45) is 0. The maximum atomic E-state index is 5.41. The van der Waals surface area contributed by atoms with E-state index in [1.165, 1.54) is 0 Å². The van der Waals surface area contributed by atoms with Crippen LogP contribution in [0.15, 0.2) is 24.3 Å². The van der Waals surface area contributed by atoms with Crippen molar-refractivity contribution in [3.63, 3.8) is 0 Å². The molecule has 78 valence electrons. The van der Waals surface area contributed by atoms with Gasteiger partial charge in [-0.05, 0) is 25.0 Å². The number of anilines is 1. The van der Waals surface area contributed by atoms with Gasteiger partial charge in [0.25, 0.3) is 0 Å². The summed E-state index contributed by atoms with van der Waals surface area (Å²) in [5.41, 5.74) is 1.13. The Balaban J connectivity index is 2.54. The highest BCUT2D eigenvalue weighted by Crippen LogP contribution is 2.17. The molecule has 0 aliphatic heterocycles. The molecule has 0 saturated heterocycles. The van der Waals surface area contributed by atoms with Crippen LogP contribution in [0.5, 0.6) is 5.75 Å². The van der Waals surface area contributed by atoms with Crippen LogP contribution in [-0.4, -0.2) is 13.2 Å². The standard InChI is InChI=1S/C12H19NO/c1-4-14-12-7-5-6-11(8-12)13-9-10(2)3/h5-8,10,13H,4,9H2,1-3H3. The van der Waals surface area contributed by atoms with E-state index in [4.69, 9.17) is 4.74 Å². The molecule has 0 saturated carbocycles. The molecule has 1 aromatic rings. The monoisotopic (exact) mass is 193 g/mol. The van der Waals surface area contributed by atoms with E-state index in [2.05, 4.69) is 25.2 Å². The van der Waals surface area contributed by atoms with Crippen molar-refractivity contribution in [2.75, 3.05) is 18.5 Å². The summed E-state index contributed by atoms with van der Waals surface area (Å²) in [4.78, 5) is 0. The van der Waals surface area contributed by atoms with Crippen molar-refractivity contribution in [3.05, 3.63) is 24.3 Å². The highest BCUT2D eigenvalue weighted by atomic mass is 16.5. The maximum Gasteiger partial charge on any atom is 0.121 e. The lowest BCUT2D eigenvalue weighted by molar-refractivity contribution is 0.340. The lowest BCUT2D eigenvalue weighted by atomic mass is 10.2. The van der Waals surface area contributed by atoms with E-state index < -0.39 is 0 Å². The second kappa shape index (κ2) is 5.53. The zero-order valence-corrected chi connectivity index (χ0v) is 9.21. The normalized spacial score (nSPS) is 10.3. The molecule has 1 N–H and O–H groups in total. The van der Waals surface area contributed by atoms with Gasteiger partial charge >= 0.3 is 0 Å². The Labute approximate surface area is 86.3 Å². The second-order valence-corrected chi connectivity index (χ2v) is 3.74. The molecule has 14 heavy (non-hydrogen) atoms. The average Bonchev–Trinajstić information content (AvgIpc) is 2.16. The summed E-state index contributed by atoms with van der Waals surface area (Å²) < 4.78 is 5.41. The number of benzene rings is 1. The molecule has 0 heterocycles. The van der Waals surface area contributed by atoms with Gasteiger partial charge in [-0.25, -0.2) is 0 Å². The molecule has 0 atom stereocenters. The van der Waals surface area contributed by atoms with E-state index in [0.29, 0.717) is 12.5 Å². The average molecular weight is 193 g/mol. The fourth-order valence-electron chi connectivity index (χ4n) is 1.18. The molecule has 0 bridgehead atoms. The first-order valence-corrected chi connectivity index (χ1v) is 5.19. The van der Waals surface area contributed by atoms with Gasteiger partial charge in [0.15, 0.2) is 0 Å². The number of rotatable bonds is 5. The van der Waals surface area contributed by atoms with Gasteiger partial charge in [0.2, 0.25) is 0 Å². The molecule has 1 rings (SSSR count). The second-order valence-electron chi connectivity index (χ2n) is 3.74. The Hall–Kier alpha value is -1.18. The molecule has 0 aliphatic carbocycles. The summed E-state index contributed by atoms with van der Waals surface area (Å²) in [5, 5.41) is 3.36. The zero-order valence-electron chi connectivity index (χ0n) is 9.21. The van der Waals surface area contributed by atoms with Crippen molar-refractivity contribution in [1.29, 1.82) is 0 Å². The minimum atomic E-state index is 0.658. The van der Waals surface area contributed by atoms with Crippen LogP contribution in [0.1, 0.15) is 20.8 Å². The molecule has 0 amide bonds. The van der Waals surface area contributed by atoms with Crippen molar-refractivity contribution in [3.8, 4) is 5.75 Å². The topological polar surface area (TPSA) is 21.3 Å². The fourth-order valence-corrected chi connectivity index (χ4v) is 1.18. The lowest BCUT2D eigenvalue weighted by Gasteiger charge is -2.10. The van der Waals surface area contributed by atoms with Gasteiger partial charge in [0.05, 0.1) is 6.61 Å². The van der Waals surface area contributed by atoms with Crippen molar-refractivity contribution in [1.82, 2.24) is 0 Å². The van der Waals surface area contributed by atoms with Crippen LogP contribution in [-0.2, 0) is 0 Å². The van der Waals surface area contributed by atoms with Gasteiger partial charge in [0.1, 0.15) is 5.75 Å². The molecule has 2 heteroatoms. The van der Waals surface area contributed by atoms with Crippen LogP contribution in [0.25, 0.3) is 0 Å². The van der Waals surface area contributed by atoms with Crippen LogP contribution in [0.4, 0.5) is 5.69 Å². The third-order valence-electron chi connectivity index (χ3n) is 1.86. The van der Waals surface area contributed by atoms with Gasteiger partial charge in [-0.2, -0.15) is 0 Å². The van der Waals surface area contributed by atoms with Crippen LogP contribution in [0.2, 0.25) is 0 Å². The van der Waals surface area contributed by atoms with E-state index in [0.717, 1.165) is 18.0 Å². The largest absolute Gasteiger partial charge is 0.494 e. The quantitative estimate of drug-likeness (QED) is 0.775. The number of hydrogen-bond acceptors (Lipinski definition) is 2. The van der Waals surface area contributed by atoms with Crippen LogP contribution >= 0.6 is 0 Å². The van der Waals surface area contributed by atoms with Crippen molar-refractivity contribution < 1.29 is 4.74 Å². The fraction of sp³-hybridized carbons (Fsp3) is 0.500. The van der Waals surface area contributed by atoms with Crippen LogP contribution in [0.3, 0.4) is 0 Å². The van der Waals surface area contributed by atoms with E-state index in [1.54, 1.807) is 0 Å².